The molecule has 1 aromatic heterocycles. The fourth-order valence-electron chi connectivity index (χ4n) is 2.28. The van der Waals surface area contributed by atoms with E-state index in [1.54, 1.807) is 0 Å². The van der Waals surface area contributed by atoms with E-state index >= 15 is 0 Å². The molecule has 2 rings (SSSR count). The Morgan fingerprint density at radius 3 is 2.68 bits per heavy atom. The summed E-state index contributed by atoms with van der Waals surface area (Å²) in [4.78, 5) is 6.26. The van der Waals surface area contributed by atoms with Gasteiger partial charge in [0.25, 0.3) is 0 Å². The van der Waals surface area contributed by atoms with E-state index in [-0.39, 0.29) is 11.5 Å². The van der Waals surface area contributed by atoms with Gasteiger partial charge >= 0.3 is 0 Å². The van der Waals surface area contributed by atoms with E-state index in [0.717, 1.165) is 26.0 Å². The minimum atomic E-state index is 0.0986. The van der Waals surface area contributed by atoms with Gasteiger partial charge in [0.1, 0.15) is 11.1 Å². The van der Waals surface area contributed by atoms with E-state index in [1.807, 2.05) is 11.3 Å². The Balaban J connectivity index is 2.23. The molecule has 2 heterocycles. The summed E-state index contributed by atoms with van der Waals surface area (Å²) in [6.45, 7) is 12.9. The van der Waals surface area contributed by atoms with Gasteiger partial charge < -0.3 is 10.1 Å². The number of thiazole rings is 1. The molecular weight excluding hydrogens is 256 g/mol. The molecule has 0 bridgehead atoms. The lowest BCUT2D eigenvalue weighted by molar-refractivity contribution is 0.111. The Morgan fingerprint density at radius 2 is 2.16 bits per heavy atom. The molecule has 0 radical (unpaired) electrons. The van der Waals surface area contributed by atoms with Gasteiger partial charge in [-0.15, -0.1) is 11.3 Å². The topological polar surface area (TPSA) is 34.1 Å². The summed E-state index contributed by atoms with van der Waals surface area (Å²) in [6, 6.07) is 0.501. The van der Waals surface area contributed by atoms with Gasteiger partial charge in [-0.25, -0.2) is 4.98 Å². The first-order valence-corrected chi connectivity index (χ1v) is 8.04. The van der Waals surface area contributed by atoms with Gasteiger partial charge in [0, 0.05) is 29.5 Å². The molecule has 1 unspecified atom stereocenters. The first-order valence-electron chi connectivity index (χ1n) is 7.23. The van der Waals surface area contributed by atoms with Crippen LogP contribution in [0.25, 0.3) is 0 Å². The van der Waals surface area contributed by atoms with E-state index in [9.17, 15) is 0 Å². The highest BCUT2D eigenvalue weighted by atomic mass is 32.1. The summed E-state index contributed by atoms with van der Waals surface area (Å²) in [5.74, 6) is 0. The number of aromatic nitrogens is 1. The van der Waals surface area contributed by atoms with Crippen LogP contribution in [0.5, 0.6) is 0 Å². The van der Waals surface area contributed by atoms with Crippen LogP contribution in [0.1, 0.15) is 69.1 Å². The molecule has 0 aliphatic carbocycles. The lowest BCUT2D eigenvalue weighted by atomic mass is 9.91. The van der Waals surface area contributed by atoms with Gasteiger partial charge in [-0.3, -0.25) is 0 Å². The van der Waals surface area contributed by atoms with Gasteiger partial charge in [-0.05, 0) is 12.8 Å². The summed E-state index contributed by atoms with van der Waals surface area (Å²) < 4.78 is 5.77. The molecule has 1 N–H and O–H groups in total. The fraction of sp³-hybridized carbons (Fsp3) is 0.800. The Kier molecular flexibility index (Phi) is 4.64. The maximum atomic E-state index is 5.77. The molecule has 0 spiro atoms. The van der Waals surface area contributed by atoms with Gasteiger partial charge in [-0.1, -0.05) is 34.6 Å². The average molecular weight is 282 g/mol. The molecule has 1 aliphatic rings. The van der Waals surface area contributed by atoms with Crippen molar-refractivity contribution in [1.29, 1.82) is 0 Å². The second-order valence-corrected chi connectivity index (χ2v) is 7.73. The van der Waals surface area contributed by atoms with E-state index in [4.69, 9.17) is 9.72 Å². The van der Waals surface area contributed by atoms with Gasteiger partial charge in [0.2, 0.25) is 0 Å². The molecule has 1 aliphatic heterocycles. The highest BCUT2D eigenvalue weighted by molar-refractivity contribution is 7.11. The molecule has 4 heteroatoms. The summed E-state index contributed by atoms with van der Waals surface area (Å²) in [5.41, 5.74) is 1.33. The Labute approximate surface area is 120 Å². The smallest absolute Gasteiger partial charge is 0.122 e. The predicted molar refractivity (Wildman–Crippen MR) is 80.7 cm³/mol. The highest BCUT2D eigenvalue weighted by Crippen LogP contribution is 2.36. The number of hydrogen-bond donors (Lipinski definition) is 1. The van der Waals surface area contributed by atoms with Gasteiger partial charge in [0.05, 0.1) is 5.69 Å². The summed E-state index contributed by atoms with van der Waals surface area (Å²) >= 11 is 1.83. The molecule has 108 valence electrons. The quantitative estimate of drug-likeness (QED) is 0.912. The predicted octanol–water partition coefficient (Wildman–Crippen LogP) is 3.79. The fourth-order valence-corrected chi connectivity index (χ4v) is 3.59. The lowest BCUT2D eigenvalue weighted by Crippen LogP contribution is -2.23. The summed E-state index contributed by atoms with van der Waals surface area (Å²) in [5, 5.41) is 4.68. The Bertz CT molecular complexity index is 414. The van der Waals surface area contributed by atoms with E-state index < -0.39 is 0 Å². The Hall–Kier alpha value is -0.450. The molecule has 0 saturated carbocycles. The van der Waals surface area contributed by atoms with Crippen LogP contribution in [0.3, 0.4) is 0 Å². The maximum absolute atomic E-state index is 5.77. The summed E-state index contributed by atoms with van der Waals surface area (Å²) in [6.07, 6.45) is 2.52. The third-order valence-electron chi connectivity index (χ3n) is 3.30. The molecule has 1 saturated heterocycles. The Morgan fingerprint density at radius 1 is 1.42 bits per heavy atom. The standard InChI is InChI=1S/C15H26N2OS/c1-10(2)16-9-12-13(15(3,4)5)17-14(19-12)11-7-6-8-18-11/h10-11,16H,6-9H2,1-5H3. The van der Waals surface area contributed by atoms with Crippen LogP contribution >= 0.6 is 11.3 Å². The number of nitrogens with one attached hydrogen (secondary N) is 1. The molecule has 1 fully saturated rings. The SMILES string of the molecule is CC(C)NCc1sc(C2CCCO2)nc1C(C)(C)C. The van der Waals surface area contributed by atoms with E-state index in [2.05, 4.69) is 39.9 Å². The molecule has 19 heavy (non-hydrogen) atoms. The van der Waals surface area contributed by atoms with Crippen molar-refractivity contribution in [2.75, 3.05) is 6.61 Å². The minimum absolute atomic E-state index is 0.0986. The number of rotatable bonds is 4. The third-order valence-corrected chi connectivity index (χ3v) is 4.45. The number of nitrogens with zero attached hydrogens (tertiary/aromatic N) is 1. The van der Waals surface area contributed by atoms with Crippen LogP contribution in [0.2, 0.25) is 0 Å². The van der Waals surface area contributed by atoms with Crippen molar-refractivity contribution in [1.82, 2.24) is 10.3 Å². The zero-order valence-corrected chi connectivity index (χ0v) is 13.6. The molecular formula is C15H26N2OS. The molecule has 3 nitrogen and oxygen atoms in total. The van der Waals surface area contributed by atoms with Crippen LogP contribution in [0.4, 0.5) is 0 Å². The normalized spacial score (nSPS) is 20.4. The van der Waals surface area contributed by atoms with Crippen molar-refractivity contribution in [2.24, 2.45) is 0 Å². The summed E-state index contributed by atoms with van der Waals surface area (Å²) in [7, 11) is 0. The second kappa shape index (κ2) is 5.90. The van der Waals surface area contributed by atoms with Crippen molar-refractivity contribution >= 4 is 11.3 Å². The molecule has 1 aromatic rings. The largest absolute Gasteiger partial charge is 0.371 e. The average Bonchev–Trinajstić information content (AvgIpc) is 2.94. The van der Waals surface area contributed by atoms with Crippen LogP contribution < -0.4 is 5.32 Å². The van der Waals surface area contributed by atoms with Gasteiger partial charge in [-0.2, -0.15) is 0 Å². The van der Waals surface area contributed by atoms with Crippen molar-refractivity contribution in [3.8, 4) is 0 Å². The first-order chi connectivity index (χ1) is 8.88. The van der Waals surface area contributed by atoms with Crippen LogP contribution in [0, 0.1) is 0 Å². The van der Waals surface area contributed by atoms with Gasteiger partial charge in [0.15, 0.2) is 0 Å². The zero-order valence-electron chi connectivity index (χ0n) is 12.7. The number of hydrogen-bond acceptors (Lipinski definition) is 4. The monoisotopic (exact) mass is 282 g/mol. The van der Waals surface area contributed by atoms with Crippen molar-refractivity contribution in [3.05, 3.63) is 15.6 Å². The molecule has 1 atom stereocenters. The van der Waals surface area contributed by atoms with Crippen molar-refractivity contribution in [3.63, 3.8) is 0 Å². The second-order valence-electron chi connectivity index (χ2n) is 6.61. The first kappa shape index (κ1) is 14.9. The molecule has 0 aromatic carbocycles. The zero-order chi connectivity index (χ0) is 14.0. The van der Waals surface area contributed by atoms with E-state index in [1.165, 1.54) is 15.6 Å². The minimum Gasteiger partial charge on any atom is -0.371 e. The maximum Gasteiger partial charge on any atom is 0.122 e. The lowest BCUT2D eigenvalue weighted by Gasteiger charge is -2.18. The highest BCUT2D eigenvalue weighted by Gasteiger charge is 2.27. The third kappa shape index (κ3) is 3.77. The van der Waals surface area contributed by atoms with Crippen molar-refractivity contribution in [2.45, 2.75) is 71.6 Å². The van der Waals surface area contributed by atoms with E-state index in [0.29, 0.717) is 6.04 Å². The van der Waals surface area contributed by atoms with Crippen molar-refractivity contribution < 1.29 is 4.74 Å². The van der Waals surface area contributed by atoms with Crippen LogP contribution in [-0.4, -0.2) is 17.6 Å². The molecule has 0 amide bonds. The number of ether oxygens (including phenoxy) is 1. The van der Waals surface area contributed by atoms with Crippen LogP contribution in [0.15, 0.2) is 0 Å². The van der Waals surface area contributed by atoms with Crippen LogP contribution in [-0.2, 0) is 16.7 Å².